The number of ketones is 1. The number of hydrogen-bond acceptors (Lipinski definition) is 5. The third-order valence-corrected chi connectivity index (χ3v) is 7.93. The molecular formula is C28H22ClN3O4. The Morgan fingerprint density at radius 1 is 1.03 bits per heavy atom. The second kappa shape index (κ2) is 8.05. The van der Waals surface area contributed by atoms with E-state index in [9.17, 15) is 19.5 Å². The van der Waals surface area contributed by atoms with Crippen molar-refractivity contribution < 1.29 is 14.7 Å². The van der Waals surface area contributed by atoms with E-state index in [0.717, 1.165) is 0 Å². The number of rotatable bonds is 3. The number of nitrogens with one attached hydrogen (secondary N) is 2. The van der Waals surface area contributed by atoms with Crippen molar-refractivity contribution in [2.75, 3.05) is 18.9 Å². The molecule has 8 heteroatoms. The van der Waals surface area contributed by atoms with Gasteiger partial charge in [0.1, 0.15) is 16.9 Å². The fourth-order valence-electron chi connectivity index (χ4n) is 6.06. The van der Waals surface area contributed by atoms with Crippen LogP contribution in [-0.2, 0) is 10.3 Å². The van der Waals surface area contributed by atoms with Crippen LogP contribution in [-0.4, -0.2) is 40.3 Å². The van der Waals surface area contributed by atoms with Gasteiger partial charge in [0.05, 0.1) is 11.4 Å². The Hall–Kier alpha value is -3.94. The molecule has 2 aliphatic heterocycles. The van der Waals surface area contributed by atoms with E-state index in [4.69, 9.17) is 11.6 Å². The average Bonchev–Trinajstić information content (AvgIpc) is 3.34. The maximum absolute atomic E-state index is 14.5. The first kappa shape index (κ1) is 22.5. The van der Waals surface area contributed by atoms with Crippen molar-refractivity contribution in [2.45, 2.75) is 11.5 Å². The summed E-state index contributed by atoms with van der Waals surface area (Å²) in [5.74, 6) is -2.90. The first-order valence-corrected chi connectivity index (χ1v) is 12.0. The van der Waals surface area contributed by atoms with Crippen LogP contribution < -0.4 is 10.9 Å². The summed E-state index contributed by atoms with van der Waals surface area (Å²) in [5.41, 5.74) is -0.0578. The highest BCUT2D eigenvalue weighted by Crippen LogP contribution is 2.56. The number of carbonyl (C=O) groups is 2. The quantitative estimate of drug-likeness (QED) is 0.365. The van der Waals surface area contributed by atoms with Crippen molar-refractivity contribution in [3.05, 3.63) is 105 Å². The molecule has 0 saturated carbocycles. The topological polar surface area (TPSA) is 102 Å². The molecule has 180 valence electrons. The molecule has 7 nitrogen and oxygen atoms in total. The monoisotopic (exact) mass is 499 g/mol. The molecule has 0 unspecified atom stereocenters. The molecule has 3 N–H and O–H groups in total. The maximum atomic E-state index is 14.5. The maximum Gasteiger partial charge on any atom is 0.263 e. The minimum atomic E-state index is -1.39. The van der Waals surface area contributed by atoms with E-state index in [1.807, 2.05) is 35.2 Å². The van der Waals surface area contributed by atoms with Gasteiger partial charge in [-0.2, -0.15) is 0 Å². The number of H-pyrrole nitrogens is 1. The minimum absolute atomic E-state index is 0.341. The smallest absolute Gasteiger partial charge is 0.263 e. The molecule has 2 aliphatic rings. The summed E-state index contributed by atoms with van der Waals surface area (Å²) in [7, 11) is 1.79. The van der Waals surface area contributed by atoms with Crippen LogP contribution >= 0.6 is 11.6 Å². The predicted molar refractivity (Wildman–Crippen MR) is 138 cm³/mol. The summed E-state index contributed by atoms with van der Waals surface area (Å²) in [5, 5.41) is 14.9. The van der Waals surface area contributed by atoms with E-state index >= 15 is 0 Å². The van der Waals surface area contributed by atoms with Crippen LogP contribution in [0, 0.1) is 5.92 Å². The molecule has 0 radical (unpaired) electrons. The van der Waals surface area contributed by atoms with E-state index < -0.39 is 34.5 Å². The number of halogens is 1. The number of amides is 1. The van der Waals surface area contributed by atoms with Crippen LogP contribution in [0.1, 0.15) is 27.4 Å². The highest BCUT2D eigenvalue weighted by atomic mass is 35.5. The van der Waals surface area contributed by atoms with E-state index in [0.29, 0.717) is 39.3 Å². The number of hydrogen-bond donors (Lipinski definition) is 3. The van der Waals surface area contributed by atoms with Crippen molar-refractivity contribution in [1.82, 2.24) is 9.88 Å². The third kappa shape index (κ3) is 2.93. The lowest BCUT2D eigenvalue weighted by Gasteiger charge is -2.35. The zero-order valence-electron chi connectivity index (χ0n) is 19.3. The zero-order chi connectivity index (χ0) is 25.2. The van der Waals surface area contributed by atoms with Gasteiger partial charge in [-0.3, -0.25) is 19.3 Å². The third-order valence-electron chi connectivity index (χ3n) is 7.58. The molecule has 36 heavy (non-hydrogen) atoms. The number of likely N-dealkylation sites (N-methyl/N-ethyl adjacent to an activating group) is 1. The number of para-hydroxylation sites is 2. The number of carbonyl (C=O) groups excluding carboxylic acids is 2. The SMILES string of the molecule is CN1C[C@@H](c2ccccc2Cl)[C@H](C(=O)c2c(O)c3ccccc3[nH]c2=O)[C@@]12C(=O)Nc1ccccc12. The van der Waals surface area contributed by atoms with E-state index in [2.05, 4.69) is 10.3 Å². The van der Waals surface area contributed by atoms with Gasteiger partial charge in [-0.1, -0.05) is 60.1 Å². The van der Waals surface area contributed by atoms with Gasteiger partial charge in [0.15, 0.2) is 5.78 Å². The van der Waals surface area contributed by atoms with Crippen LogP contribution in [0.15, 0.2) is 77.6 Å². The molecule has 1 spiro atoms. The molecule has 4 aromatic rings. The number of nitrogens with zero attached hydrogens (tertiary/aromatic N) is 1. The summed E-state index contributed by atoms with van der Waals surface area (Å²) < 4.78 is 0. The number of aromatic nitrogens is 1. The van der Waals surface area contributed by atoms with Crippen molar-refractivity contribution in [2.24, 2.45) is 5.92 Å². The van der Waals surface area contributed by atoms with Gasteiger partial charge in [-0.25, -0.2) is 0 Å². The van der Waals surface area contributed by atoms with Crippen LogP contribution in [0.5, 0.6) is 5.75 Å². The summed E-state index contributed by atoms with van der Waals surface area (Å²) in [6.07, 6.45) is 0. The van der Waals surface area contributed by atoms with Crippen molar-refractivity contribution in [1.29, 1.82) is 0 Å². The van der Waals surface area contributed by atoms with E-state index in [1.54, 1.807) is 49.5 Å². The Morgan fingerprint density at radius 2 is 1.72 bits per heavy atom. The number of Topliss-reactive ketones (excluding diaryl/α,β-unsaturated/α-hetero) is 1. The van der Waals surface area contributed by atoms with Crippen LogP contribution in [0.3, 0.4) is 0 Å². The molecule has 3 atom stereocenters. The van der Waals surface area contributed by atoms with Gasteiger partial charge in [0, 0.05) is 34.1 Å². The van der Waals surface area contributed by atoms with Crippen molar-refractivity contribution in [3.63, 3.8) is 0 Å². The lowest BCUT2D eigenvalue weighted by atomic mass is 9.70. The highest BCUT2D eigenvalue weighted by Gasteiger charge is 2.64. The molecular weight excluding hydrogens is 478 g/mol. The standard InChI is InChI=1S/C28H22ClN3O4/c1-32-14-17(15-8-2-5-11-19(15)29)23(28(32)18-10-4-7-13-21(18)31-27(28)36)25(34)22-24(33)16-9-3-6-12-20(16)30-26(22)35/h2-13,17,23H,14H2,1H3,(H,31,36)(H2,30,33,35)/t17-,23+,28-/m0/s1. The Morgan fingerprint density at radius 3 is 2.53 bits per heavy atom. The number of aromatic hydroxyl groups is 1. The molecule has 0 aliphatic carbocycles. The number of anilines is 1. The molecule has 6 rings (SSSR count). The molecule has 3 aromatic carbocycles. The normalized spacial score (nSPS) is 23.2. The summed E-state index contributed by atoms with van der Waals surface area (Å²) >= 11 is 6.59. The number of fused-ring (bicyclic) bond motifs is 3. The van der Waals surface area contributed by atoms with Crippen molar-refractivity contribution in [3.8, 4) is 5.75 Å². The van der Waals surface area contributed by atoms with Crippen LogP contribution in [0.4, 0.5) is 5.69 Å². The Bertz CT molecular complexity index is 1630. The van der Waals surface area contributed by atoms with E-state index in [1.165, 1.54) is 0 Å². The summed E-state index contributed by atoms with van der Waals surface area (Å²) in [6, 6.07) is 21.2. The van der Waals surface area contributed by atoms with Gasteiger partial charge in [-0.05, 0) is 36.9 Å². The fourth-order valence-corrected chi connectivity index (χ4v) is 6.34. The molecule has 1 aromatic heterocycles. The molecule has 0 bridgehead atoms. The Kier molecular flexibility index (Phi) is 5.03. The largest absolute Gasteiger partial charge is 0.506 e. The lowest BCUT2D eigenvalue weighted by Crippen LogP contribution is -2.51. The predicted octanol–water partition coefficient (Wildman–Crippen LogP) is 4.26. The second-order valence-electron chi connectivity index (χ2n) is 9.34. The molecule has 1 fully saturated rings. The Labute approximate surface area is 211 Å². The van der Waals surface area contributed by atoms with E-state index in [-0.39, 0.29) is 11.5 Å². The van der Waals surface area contributed by atoms with Crippen LogP contribution in [0.25, 0.3) is 10.9 Å². The molecule has 3 heterocycles. The number of aromatic amines is 1. The van der Waals surface area contributed by atoms with Crippen molar-refractivity contribution >= 4 is 39.9 Å². The average molecular weight is 500 g/mol. The number of likely N-dealkylation sites (tertiary alicyclic amines) is 1. The summed E-state index contributed by atoms with van der Waals surface area (Å²) in [4.78, 5) is 46.0. The van der Waals surface area contributed by atoms with Crippen LogP contribution in [0.2, 0.25) is 5.02 Å². The number of pyridine rings is 1. The minimum Gasteiger partial charge on any atom is -0.506 e. The highest BCUT2D eigenvalue weighted by molar-refractivity contribution is 6.31. The lowest BCUT2D eigenvalue weighted by molar-refractivity contribution is -0.126. The number of benzene rings is 3. The first-order chi connectivity index (χ1) is 17.4. The van der Waals surface area contributed by atoms with Gasteiger partial charge in [0.2, 0.25) is 5.91 Å². The van der Waals surface area contributed by atoms with Gasteiger partial charge < -0.3 is 15.4 Å². The molecule has 1 saturated heterocycles. The fraction of sp³-hybridized carbons (Fsp3) is 0.179. The second-order valence-corrected chi connectivity index (χ2v) is 9.75. The molecule has 1 amide bonds. The Balaban J connectivity index is 1.64. The summed E-state index contributed by atoms with van der Waals surface area (Å²) in [6.45, 7) is 0.341. The van der Waals surface area contributed by atoms with Gasteiger partial charge in [0.25, 0.3) is 5.56 Å². The van der Waals surface area contributed by atoms with Gasteiger partial charge in [-0.15, -0.1) is 0 Å². The van der Waals surface area contributed by atoms with Gasteiger partial charge >= 0.3 is 0 Å². The first-order valence-electron chi connectivity index (χ1n) is 11.6. The zero-order valence-corrected chi connectivity index (χ0v) is 20.0.